The Hall–Kier alpha value is -1.94. The van der Waals surface area contributed by atoms with Gasteiger partial charge in [-0.1, -0.05) is 0 Å². The van der Waals surface area contributed by atoms with Crippen LogP contribution in [0.25, 0.3) is 0 Å². The fourth-order valence-corrected chi connectivity index (χ4v) is 7.64. The van der Waals surface area contributed by atoms with Crippen LogP contribution in [0.3, 0.4) is 0 Å². The molecule has 3 aromatic carbocycles. The van der Waals surface area contributed by atoms with Crippen molar-refractivity contribution in [2.24, 2.45) is 0 Å². The summed E-state index contributed by atoms with van der Waals surface area (Å²) in [7, 11) is 0. The third-order valence-electron chi connectivity index (χ3n) is 4.95. The third-order valence-corrected chi connectivity index (χ3v) is 9.77. The maximum absolute atomic E-state index is 2.67. The van der Waals surface area contributed by atoms with Gasteiger partial charge in [0.25, 0.3) is 0 Å². The van der Waals surface area contributed by atoms with Crippen molar-refractivity contribution in [3.05, 3.63) is 96.1 Å². The molecule has 1 heterocycles. The van der Waals surface area contributed by atoms with Crippen LogP contribution in [0.4, 0.5) is 11.4 Å². The van der Waals surface area contributed by atoms with E-state index in [1.54, 1.807) is 0 Å². The van der Waals surface area contributed by atoms with E-state index in [0.29, 0.717) is 12.1 Å². The van der Waals surface area contributed by atoms with E-state index >= 15 is 0 Å². The predicted octanol–water partition coefficient (Wildman–Crippen LogP) is 5.37. The first-order chi connectivity index (χ1) is 12.3. The number of nitrogens with zero attached hydrogens (tertiary/aromatic N) is 2. The van der Waals surface area contributed by atoms with Crippen LogP contribution in [0.15, 0.2) is 84.9 Å². The van der Waals surface area contributed by atoms with Crippen molar-refractivity contribution in [3.8, 4) is 0 Å². The van der Waals surface area contributed by atoms with Gasteiger partial charge in [0, 0.05) is 0 Å². The van der Waals surface area contributed by atoms with Gasteiger partial charge in [-0.05, 0) is 0 Å². The van der Waals surface area contributed by atoms with Gasteiger partial charge in [0.2, 0.25) is 0 Å². The summed E-state index contributed by atoms with van der Waals surface area (Å²) in [5, 5.41) is 0. The molecule has 0 aliphatic carbocycles. The van der Waals surface area contributed by atoms with Crippen molar-refractivity contribution >= 4 is 33.1 Å². The van der Waals surface area contributed by atoms with E-state index in [0.717, 1.165) is 0 Å². The molecule has 1 aliphatic heterocycles. The molecule has 3 aromatic rings. The Labute approximate surface area is 161 Å². The van der Waals surface area contributed by atoms with Gasteiger partial charge in [-0.3, -0.25) is 0 Å². The number of anilines is 2. The van der Waals surface area contributed by atoms with Crippen molar-refractivity contribution in [3.63, 3.8) is 0 Å². The van der Waals surface area contributed by atoms with E-state index in [1.807, 2.05) is 0 Å². The van der Waals surface area contributed by atoms with Crippen molar-refractivity contribution in [1.82, 2.24) is 0 Å². The minimum absolute atomic E-state index is 0.418. The molecular formula is C22H22N2Sn. The van der Waals surface area contributed by atoms with Gasteiger partial charge in [-0.25, -0.2) is 0 Å². The first-order valence-corrected chi connectivity index (χ1v) is 11.3. The summed E-state index contributed by atoms with van der Waals surface area (Å²) in [6.45, 7) is 4.67. The van der Waals surface area contributed by atoms with Crippen LogP contribution in [-0.2, 0) is 0 Å². The van der Waals surface area contributed by atoms with Crippen molar-refractivity contribution in [2.45, 2.75) is 25.9 Å². The van der Waals surface area contributed by atoms with Crippen LogP contribution in [-0.4, -0.2) is 21.7 Å². The van der Waals surface area contributed by atoms with Crippen molar-refractivity contribution in [1.29, 1.82) is 0 Å². The fourth-order valence-electron chi connectivity index (χ4n) is 3.45. The van der Waals surface area contributed by atoms with E-state index in [2.05, 4.69) is 105 Å². The van der Waals surface area contributed by atoms with E-state index < -0.39 is 21.7 Å². The maximum atomic E-state index is 2.67. The molecule has 0 saturated heterocycles. The summed E-state index contributed by atoms with van der Waals surface area (Å²) in [6, 6.07) is 31.5. The molecule has 2 radical (unpaired) electrons. The molecule has 25 heavy (non-hydrogen) atoms. The predicted molar refractivity (Wildman–Crippen MR) is 107 cm³/mol. The van der Waals surface area contributed by atoms with E-state index in [-0.39, 0.29) is 0 Å². The van der Waals surface area contributed by atoms with Gasteiger partial charge >= 0.3 is 161 Å². The SMILES string of the molecule is C[C@H](c1ccccc1)[N]1[Sn][N]([C@H](C)c2ccccc2)c2ccccc21. The Bertz CT molecular complexity index is 764. The zero-order valence-corrected chi connectivity index (χ0v) is 17.5. The first-order valence-electron chi connectivity index (χ1n) is 8.79. The van der Waals surface area contributed by atoms with E-state index in [9.17, 15) is 0 Å². The van der Waals surface area contributed by atoms with E-state index in [1.165, 1.54) is 22.5 Å². The van der Waals surface area contributed by atoms with Crippen LogP contribution in [0.2, 0.25) is 0 Å². The molecule has 0 N–H and O–H groups in total. The standard InChI is InChI=1S/C22H22N2.Sn/c1-17(19-11-5-3-6-12-19)23-21-15-9-10-16-22(21)24-18(2)20-13-7-4-8-14-20;/h3-18H,1-2H3;/q-2;+2/t17-,18-;/m1./s1. The summed E-state index contributed by atoms with van der Waals surface area (Å²) in [4.78, 5) is 0. The van der Waals surface area contributed by atoms with E-state index in [4.69, 9.17) is 0 Å². The molecule has 0 bridgehead atoms. The van der Waals surface area contributed by atoms with Crippen LogP contribution in [0.5, 0.6) is 0 Å². The fraction of sp³-hybridized carbons (Fsp3) is 0.182. The van der Waals surface area contributed by atoms with Gasteiger partial charge in [0.05, 0.1) is 0 Å². The molecule has 0 saturated carbocycles. The summed E-state index contributed by atoms with van der Waals surface area (Å²) >= 11 is -0.936. The Morgan fingerprint density at radius 3 is 1.32 bits per heavy atom. The molecule has 0 amide bonds. The number of hydrogen-bond acceptors (Lipinski definition) is 2. The van der Waals surface area contributed by atoms with Gasteiger partial charge < -0.3 is 0 Å². The molecule has 0 fully saturated rings. The van der Waals surface area contributed by atoms with Crippen LogP contribution in [0.1, 0.15) is 37.1 Å². The molecular weight excluding hydrogens is 411 g/mol. The summed E-state index contributed by atoms with van der Waals surface area (Å²) < 4.78 is 5.35. The molecule has 2 atom stereocenters. The number of para-hydroxylation sites is 2. The van der Waals surface area contributed by atoms with Gasteiger partial charge in [0.15, 0.2) is 0 Å². The number of hydrogen-bond donors (Lipinski definition) is 0. The molecule has 3 heteroatoms. The monoisotopic (exact) mass is 434 g/mol. The molecule has 1 aliphatic rings. The number of rotatable bonds is 4. The average Bonchev–Trinajstić information content (AvgIpc) is 3.08. The Morgan fingerprint density at radius 2 is 0.920 bits per heavy atom. The van der Waals surface area contributed by atoms with Gasteiger partial charge in [-0.15, -0.1) is 0 Å². The summed E-state index contributed by atoms with van der Waals surface area (Å²) in [5.41, 5.74) is 5.58. The third kappa shape index (κ3) is 3.15. The second kappa shape index (κ2) is 7.12. The topological polar surface area (TPSA) is 6.48 Å². The van der Waals surface area contributed by atoms with Gasteiger partial charge in [-0.2, -0.15) is 0 Å². The Balaban J connectivity index is 1.68. The molecule has 4 rings (SSSR count). The van der Waals surface area contributed by atoms with Crippen LogP contribution >= 0.6 is 0 Å². The molecule has 0 unspecified atom stereocenters. The molecule has 0 aromatic heterocycles. The minimum atomic E-state index is -0.936. The van der Waals surface area contributed by atoms with Gasteiger partial charge in [0.1, 0.15) is 0 Å². The number of benzene rings is 3. The normalized spacial score (nSPS) is 15.8. The second-order valence-corrected chi connectivity index (χ2v) is 9.82. The number of fused-ring (bicyclic) bond motifs is 1. The average molecular weight is 433 g/mol. The summed E-state index contributed by atoms with van der Waals surface area (Å²) in [6.07, 6.45) is 0. The second-order valence-electron chi connectivity index (χ2n) is 6.50. The molecule has 2 nitrogen and oxygen atoms in total. The van der Waals surface area contributed by atoms with Crippen molar-refractivity contribution in [2.75, 3.05) is 6.24 Å². The zero-order valence-electron chi connectivity index (χ0n) is 14.6. The quantitative estimate of drug-likeness (QED) is 0.511. The Kier molecular flexibility index (Phi) is 4.71. The van der Waals surface area contributed by atoms with Crippen LogP contribution in [0, 0.1) is 0 Å². The molecule has 124 valence electrons. The summed E-state index contributed by atoms with van der Waals surface area (Å²) in [5.74, 6) is 0. The van der Waals surface area contributed by atoms with Crippen molar-refractivity contribution < 1.29 is 0 Å². The first kappa shape index (κ1) is 16.5. The Morgan fingerprint density at radius 1 is 0.560 bits per heavy atom. The molecule has 0 spiro atoms. The zero-order chi connectivity index (χ0) is 17.2. The van der Waals surface area contributed by atoms with Crippen LogP contribution < -0.4 is 6.24 Å².